The smallest absolute Gasteiger partial charge is 0.143 e. The third-order valence-corrected chi connectivity index (χ3v) is 5.07. The fraction of sp³-hybridized carbons (Fsp3) is 0.227. The van der Waals surface area contributed by atoms with Gasteiger partial charge in [-0.25, -0.2) is 18.7 Å². The highest BCUT2D eigenvalue weighted by Gasteiger charge is 2.12. The summed E-state index contributed by atoms with van der Waals surface area (Å²) in [6, 6.07) is 9.71. The first-order valence-electron chi connectivity index (χ1n) is 9.83. The number of aromatic nitrogens is 2. The van der Waals surface area contributed by atoms with Gasteiger partial charge >= 0.3 is 0 Å². The van der Waals surface area contributed by atoms with E-state index in [0.717, 1.165) is 11.1 Å². The van der Waals surface area contributed by atoms with Crippen LogP contribution in [0.5, 0.6) is 5.75 Å². The minimum atomic E-state index is -0.600. The molecule has 1 aromatic heterocycles. The van der Waals surface area contributed by atoms with Crippen LogP contribution in [0.2, 0.25) is 0 Å². The Morgan fingerprint density at radius 3 is 2.62 bits per heavy atom. The molecule has 3 rings (SSSR count). The van der Waals surface area contributed by atoms with E-state index in [1.165, 1.54) is 18.5 Å². The Kier molecular flexibility index (Phi) is 7.93. The van der Waals surface area contributed by atoms with Gasteiger partial charge in [-0.3, -0.25) is 0 Å². The van der Waals surface area contributed by atoms with Gasteiger partial charge in [-0.1, -0.05) is 33.2 Å². The predicted octanol–water partition coefficient (Wildman–Crippen LogP) is 4.53. The molecular formula is C22H22BrF2N5O2. The molecule has 3 aromatic rings. The van der Waals surface area contributed by atoms with E-state index in [1.54, 1.807) is 6.07 Å². The molecule has 4 N–H and O–H groups in total. The molecule has 10 heteroatoms. The molecule has 0 fully saturated rings. The van der Waals surface area contributed by atoms with Gasteiger partial charge in [0.1, 0.15) is 35.4 Å². The standard InChI is InChI=1S/C22H22BrF2N5O2/c1-2-32-20-7-13(3-4-14(20)8-21(26)30-31)19-11-22(29-12-28-19)27-6-5-16-17(24)9-15(23)10-18(16)25/h3-4,7,9-12,31H,2,5-6,8H2,1H3,(H2,26,30)(H,27,28,29). The minimum absolute atomic E-state index is 0.0117. The molecule has 7 nitrogen and oxygen atoms in total. The molecule has 0 atom stereocenters. The summed E-state index contributed by atoms with van der Waals surface area (Å²) in [5.41, 5.74) is 7.83. The quantitative estimate of drug-likeness (QED) is 0.171. The largest absolute Gasteiger partial charge is 0.494 e. The Labute approximate surface area is 192 Å². The van der Waals surface area contributed by atoms with Crippen molar-refractivity contribution in [1.82, 2.24) is 9.97 Å². The lowest BCUT2D eigenvalue weighted by Crippen LogP contribution is -2.15. The van der Waals surface area contributed by atoms with E-state index in [-0.39, 0.29) is 30.8 Å². The first kappa shape index (κ1) is 23.4. The number of nitrogens with one attached hydrogen (secondary N) is 1. The van der Waals surface area contributed by atoms with Crippen LogP contribution < -0.4 is 15.8 Å². The van der Waals surface area contributed by atoms with E-state index in [2.05, 4.69) is 36.4 Å². The molecule has 0 aliphatic carbocycles. The zero-order valence-corrected chi connectivity index (χ0v) is 18.9. The molecule has 0 unspecified atom stereocenters. The van der Waals surface area contributed by atoms with Crippen molar-refractivity contribution in [3.63, 3.8) is 0 Å². The number of halogens is 3. The number of amidine groups is 1. The Bertz CT molecular complexity index is 1100. The summed E-state index contributed by atoms with van der Waals surface area (Å²) >= 11 is 3.07. The molecule has 0 bridgehead atoms. The normalized spacial score (nSPS) is 11.4. The summed E-state index contributed by atoms with van der Waals surface area (Å²) < 4.78 is 34.0. The van der Waals surface area contributed by atoms with Crippen LogP contribution in [0.25, 0.3) is 11.3 Å². The summed E-state index contributed by atoms with van der Waals surface area (Å²) in [7, 11) is 0. The van der Waals surface area contributed by atoms with Crippen molar-refractivity contribution in [3.8, 4) is 17.0 Å². The van der Waals surface area contributed by atoms with Crippen molar-refractivity contribution >= 4 is 27.6 Å². The van der Waals surface area contributed by atoms with Gasteiger partial charge in [-0.05, 0) is 31.5 Å². The van der Waals surface area contributed by atoms with E-state index in [4.69, 9.17) is 15.7 Å². The molecule has 0 aliphatic rings. The van der Waals surface area contributed by atoms with Crippen LogP contribution in [0.15, 0.2) is 52.4 Å². The maximum atomic E-state index is 14.0. The highest BCUT2D eigenvalue weighted by molar-refractivity contribution is 9.10. The molecule has 1 heterocycles. The number of anilines is 1. The number of nitrogens with zero attached hydrogens (tertiary/aromatic N) is 3. The maximum absolute atomic E-state index is 14.0. The van der Waals surface area contributed by atoms with Crippen molar-refractivity contribution in [1.29, 1.82) is 0 Å². The van der Waals surface area contributed by atoms with Gasteiger partial charge in [0.15, 0.2) is 0 Å². The van der Waals surface area contributed by atoms with Crippen LogP contribution in [0.4, 0.5) is 14.6 Å². The van der Waals surface area contributed by atoms with E-state index in [0.29, 0.717) is 28.3 Å². The van der Waals surface area contributed by atoms with E-state index in [1.807, 2.05) is 25.1 Å². The molecule has 0 saturated heterocycles. The van der Waals surface area contributed by atoms with Crippen molar-refractivity contribution < 1.29 is 18.7 Å². The fourth-order valence-corrected chi connectivity index (χ4v) is 3.52. The first-order valence-corrected chi connectivity index (χ1v) is 10.6. The maximum Gasteiger partial charge on any atom is 0.143 e. The van der Waals surface area contributed by atoms with Crippen molar-refractivity contribution in [2.75, 3.05) is 18.5 Å². The van der Waals surface area contributed by atoms with Crippen molar-refractivity contribution in [2.24, 2.45) is 10.9 Å². The fourth-order valence-electron chi connectivity index (χ4n) is 3.12. The molecular weight excluding hydrogens is 484 g/mol. The van der Waals surface area contributed by atoms with Crippen LogP contribution >= 0.6 is 15.9 Å². The number of nitrogens with two attached hydrogens (primary N) is 1. The lowest BCUT2D eigenvalue weighted by atomic mass is 10.0. The van der Waals surface area contributed by atoms with Gasteiger partial charge in [-0.15, -0.1) is 0 Å². The number of hydrogen-bond donors (Lipinski definition) is 3. The SMILES string of the molecule is CCOc1cc(-c2cc(NCCc3c(F)cc(Br)cc3F)ncn2)ccc1CC(N)=NO. The summed E-state index contributed by atoms with van der Waals surface area (Å²) in [5.74, 6) is -0.00152. The Morgan fingerprint density at radius 1 is 1.19 bits per heavy atom. The average Bonchev–Trinajstić information content (AvgIpc) is 2.77. The van der Waals surface area contributed by atoms with Crippen LogP contribution in [-0.2, 0) is 12.8 Å². The van der Waals surface area contributed by atoms with Gasteiger partial charge in [-0.2, -0.15) is 0 Å². The molecule has 168 valence electrons. The van der Waals surface area contributed by atoms with Crippen LogP contribution in [0, 0.1) is 11.6 Å². The van der Waals surface area contributed by atoms with Crippen LogP contribution in [-0.4, -0.2) is 34.2 Å². The Morgan fingerprint density at radius 2 is 1.94 bits per heavy atom. The highest BCUT2D eigenvalue weighted by Crippen LogP contribution is 2.28. The van der Waals surface area contributed by atoms with Gasteiger partial charge in [0.2, 0.25) is 0 Å². The predicted molar refractivity (Wildman–Crippen MR) is 122 cm³/mol. The number of benzene rings is 2. The summed E-state index contributed by atoms with van der Waals surface area (Å²) in [6.07, 6.45) is 1.80. The second kappa shape index (κ2) is 10.9. The Hall–Kier alpha value is -3.27. The van der Waals surface area contributed by atoms with E-state index < -0.39 is 11.6 Å². The third-order valence-electron chi connectivity index (χ3n) is 4.62. The molecule has 0 aliphatic heterocycles. The summed E-state index contributed by atoms with van der Waals surface area (Å²) in [5, 5.41) is 14.9. The molecule has 0 spiro atoms. The van der Waals surface area contributed by atoms with Gasteiger partial charge < -0.3 is 21.0 Å². The molecule has 2 aromatic carbocycles. The second-order valence-electron chi connectivity index (χ2n) is 6.84. The van der Waals surface area contributed by atoms with Gasteiger partial charge in [0.25, 0.3) is 0 Å². The van der Waals surface area contributed by atoms with Crippen LogP contribution in [0.3, 0.4) is 0 Å². The lowest BCUT2D eigenvalue weighted by Gasteiger charge is -2.12. The highest BCUT2D eigenvalue weighted by atomic mass is 79.9. The number of oxime groups is 1. The summed E-state index contributed by atoms with van der Waals surface area (Å²) in [4.78, 5) is 8.47. The van der Waals surface area contributed by atoms with Crippen LogP contribution in [0.1, 0.15) is 18.1 Å². The number of rotatable bonds is 9. The Balaban J connectivity index is 1.75. The van der Waals surface area contributed by atoms with Crippen molar-refractivity contribution in [3.05, 3.63) is 70.0 Å². The molecule has 32 heavy (non-hydrogen) atoms. The van der Waals surface area contributed by atoms with Crippen molar-refractivity contribution in [2.45, 2.75) is 19.8 Å². The number of hydrogen-bond acceptors (Lipinski definition) is 6. The third kappa shape index (κ3) is 5.91. The molecule has 0 saturated carbocycles. The molecule has 0 amide bonds. The lowest BCUT2D eigenvalue weighted by molar-refractivity contribution is 0.316. The minimum Gasteiger partial charge on any atom is -0.494 e. The van der Waals surface area contributed by atoms with Gasteiger partial charge in [0, 0.05) is 40.2 Å². The molecule has 0 radical (unpaired) electrons. The van der Waals surface area contributed by atoms with E-state index in [9.17, 15) is 8.78 Å². The summed E-state index contributed by atoms with van der Waals surface area (Å²) in [6.45, 7) is 2.60. The monoisotopic (exact) mass is 505 g/mol. The second-order valence-corrected chi connectivity index (χ2v) is 7.75. The zero-order valence-electron chi connectivity index (χ0n) is 17.3. The topological polar surface area (TPSA) is 106 Å². The average molecular weight is 506 g/mol. The van der Waals surface area contributed by atoms with E-state index >= 15 is 0 Å². The number of ether oxygens (including phenoxy) is 1. The zero-order chi connectivity index (χ0) is 23.1. The van der Waals surface area contributed by atoms with Gasteiger partial charge in [0.05, 0.1) is 12.3 Å². The first-order chi connectivity index (χ1) is 15.4.